The average Bonchev–Trinajstić information content (AvgIpc) is 3.37. The molecule has 1 aromatic heterocycles. The summed E-state index contributed by atoms with van der Waals surface area (Å²) >= 11 is 0. The van der Waals surface area contributed by atoms with Crippen molar-refractivity contribution in [3.8, 4) is 22.9 Å². The molecule has 172 valence electrons. The molecule has 1 saturated heterocycles. The zero-order valence-electron chi connectivity index (χ0n) is 19.0. The number of nitrogens with zero attached hydrogens (tertiary/aromatic N) is 3. The van der Waals surface area contributed by atoms with E-state index in [1.165, 1.54) is 11.1 Å². The van der Waals surface area contributed by atoms with Crippen LogP contribution in [0.25, 0.3) is 22.9 Å². The second-order valence-corrected chi connectivity index (χ2v) is 8.40. The second kappa shape index (κ2) is 9.99. The molecule has 0 aliphatic carbocycles. The van der Waals surface area contributed by atoms with E-state index in [-0.39, 0.29) is 5.91 Å². The number of benzene rings is 3. The third-order valence-electron chi connectivity index (χ3n) is 5.84. The lowest BCUT2D eigenvalue weighted by Gasteiger charge is -2.26. The van der Waals surface area contributed by atoms with Gasteiger partial charge in [0.2, 0.25) is 11.8 Å². The van der Waals surface area contributed by atoms with E-state index >= 15 is 0 Å². The summed E-state index contributed by atoms with van der Waals surface area (Å²) in [5.74, 6) is 0.714. The number of hydrogen-bond donors (Lipinski definition) is 1. The number of ether oxygens (including phenoxy) is 1. The minimum atomic E-state index is -0.168. The fourth-order valence-corrected chi connectivity index (χ4v) is 3.83. The van der Waals surface area contributed by atoms with E-state index in [1.807, 2.05) is 55.5 Å². The summed E-state index contributed by atoms with van der Waals surface area (Å²) in [4.78, 5) is 15.1. The second-order valence-electron chi connectivity index (χ2n) is 8.40. The van der Waals surface area contributed by atoms with Gasteiger partial charge in [0.1, 0.15) is 0 Å². The molecule has 0 spiro atoms. The fourth-order valence-electron chi connectivity index (χ4n) is 3.83. The summed E-state index contributed by atoms with van der Waals surface area (Å²) in [7, 11) is 0. The molecule has 1 aliphatic rings. The molecule has 0 bridgehead atoms. The first-order valence-corrected chi connectivity index (χ1v) is 11.4. The van der Waals surface area contributed by atoms with Gasteiger partial charge in [0.05, 0.1) is 13.2 Å². The van der Waals surface area contributed by atoms with Crippen LogP contribution in [0.3, 0.4) is 0 Å². The van der Waals surface area contributed by atoms with Crippen LogP contribution in [0.5, 0.6) is 0 Å². The van der Waals surface area contributed by atoms with Crippen LogP contribution in [0.15, 0.2) is 77.2 Å². The Balaban J connectivity index is 1.20. The van der Waals surface area contributed by atoms with Crippen LogP contribution in [0, 0.1) is 6.92 Å². The zero-order chi connectivity index (χ0) is 23.3. The number of hydrogen-bond acceptors (Lipinski definition) is 6. The smallest absolute Gasteiger partial charge is 0.255 e. The van der Waals surface area contributed by atoms with Gasteiger partial charge in [0.15, 0.2) is 0 Å². The van der Waals surface area contributed by atoms with Crippen LogP contribution >= 0.6 is 0 Å². The number of aryl methyl sites for hydroxylation is 1. The zero-order valence-corrected chi connectivity index (χ0v) is 19.0. The first kappa shape index (κ1) is 22.0. The van der Waals surface area contributed by atoms with Gasteiger partial charge in [-0.05, 0) is 61.0 Å². The van der Waals surface area contributed by atoms with Gasteiger partial charge in [0, 0.05) is 42.0 Å². The third-order valence-corrected chi connectivity index (χ3v) is 5.84. The number of nitrogens with one attached hydrogen (secondary N) is 1. The highest BCUT2D eigenvalue weighted by molar-refractivity contribution is 6.04. The van der Waals surface area contributed by atoms with Gasteiger partial charge >= 0.3 is 0 Å². The van der Waals surface area contributed by atoms with Gasteiger partial charge < -0.3 is 14.5 Å². The van der Waals surface area contributed by atoms with Gasteiger partial charge in [-0.3, -0.25) is 9.69 Å². The van der Waals surface area contributed by atoms with Crippen molar-refractivity contribution in [2.24, 2.45) is 0 Å². The van der Waals surface area contributed by atoms with E-state index < -0.39 is 0 Å². The minimum Gasteiger partial charge on any atom is -0.416 e. The molecule has 3 aromatic carbocycles. The minimum absolute atomic E-state index is 0.168. The highest BCUT2D eigenvalue weighted by Gasteiger charge is 2.13. The van der Waals surface area contributed by atoms with E-state index in [4.69, 9.17) is 9.15 Å². The third kappa shape index (κ3) is 5.22. The molecular weight excluding hydrogens is 428 g/mol. The van der Waals surface area contributed by atoms with Crippen LogP contribution in [-0.2, 0) is 11.3 Å². The number of amides is 1. The van der Waals surface area contributed by atoms with Gasteiger partial charge in [-0.15, -0.1) is 10.2 Å². The molecule has 0 radical (unpaired) electrons. The quantitative estimate of drug-likeness (QED) is 0.451. The summed E-state index contributed by atoms with van der Waals surface area (Å²) in [6, 6.07) is 23.0. The van der Waals surface area contributed by atoms with Crippen molar-refractivity contribution in [3.05, 3.63) is 89.5 Å². The Hall–Kier alpha value is -3.81. The van der Waals surface area contributed by atoms with E-state index in [0.29, 0.717) is 17.3 Å². The van der Waals surface area contributed by atoms with Crippen molar-refractivity contribution in [2.75, 3.05) is 31.6 Å². The molecule has 1 fully saturated rings. The summed E-state index contributed by atoms with van der Waals surface area (Å²) in [6.07, 6.45) is 0. The summed E-state index contributed by atoms with van der Waals surface area (Å²) in [5.41, 5.74) is 5.33. The molecule has 4 aromatic rings. The van der Waals surface area contributed by atoms with Crippen molar-refractivity contribution in [3.63, 3.8) is 0 Å². The van der Waals surface area contributed by atoms with Gasteiger partial charge in [0.25, 0.3) is 5.91 Å². The maximum Gasteiger partial charge on any atom is 0.255 e. The van der Waals surface area contributed by atoms with E-state index in [2.05, 4.69) is 32.5 Å². The topological polar surface area (TPSA) is 80.5 Å². The Morgan fingerprint density at radius 2 is 1.44 bits per heavy atom. The Labute approximate surface area is 198 Å². The molecule has 0 saturated carbocycles. The number of carbonyl (C=O) groups excluding carboxylic acids is 1. The maximum absolute atomic E-state index is 12.7. The number of rotatable bonds is 6. The Kier molecular flexibility index (Phi) is 6.46. The molecule has 7 heteroatoms. The first-order valence-electron chi connectivity index (χ1n) is 11.4. The first-order chi connectivity index (χ1) is 16.6. The van der Waals surface area contributed by atoms with Crippen LogP contribution in [0.4, 0.5) is 5.69 Å². The summed E-state index contributed by atoms with van der Waals surface area (Å²) in [6.45, 7) is 6.39. The van der Waals surface area contributed by atoms with E-state index in [0.717, 1.165) is 49.7 Å². The monoisotopic (exact) mass is 454 g/mol. The molecule has 7 nitrogen and oxygen atoms in total. The molecule has 0 atom stereocenters. The van der Waals surface area contributed by atoms with Crippen molar-refractivity contribution >= 4 is 11.6 Å². The molecule has 1 N–H and O–H groups in total. The Morgan fingerprint density at radius 3 is 2.06 bits per heavy atom. The summed E-state index contributed by atoms with van der Waals surface area (Å²) < 4.78 is 11.2. The molecule has 2 heterocycles. The van der Waals surface area contributed by atoms with Gasteiger partial charge in [-0.2, -0.15) is 0 Å². The summed E-state index contributed by atoms with van der Waals surface area (Å²) in [5, 5.41) is 11.2. The fraction of sp³-hybridized carbons (Fsp3) is 0.222. The predicted octanol–water partition coefficient (Wildman–Crippen LogP) is 4.80. The SMILES string of the molecule is Cc1ccc(-c2nnc(-c3ccc(C(=O)Nc4ccc(CN5CCOCC5)cc4)cc3)o2)cc1. The standard InChI is InChI=1S/C27H26N4O3/c1-19-2-6-22(7-3-19)26-29-30-27(34-26)23-10-8-21(9-11-23)25(32)28-24-12-4-20(5-13-24)18-31-14-16-33-17-15-31/h2-13H,14-18H2,1H3,(H,28,32). The normalized spacial score (nSPS) is 14.1. The van der Waals surface area contributed by atoms with Gasteiger partial charge in [-0.25, -0.2) is 0 Å². The molecule has 34 heavy (non-hydrogen) atoms. The number of anilines is 1. The number of aromatic nitrogens is 2. The van der Waals surface area contributed by atoms with Gasteiger partial charge in [-0.1, -0.05) is 29.8 Å². The molecule has 1 amide bonds. The largest absolute Gasteiger partial charge is 0.416 e. The average molecular weight is 455 g/mol. The highest BCUT2D eigenvalue weighted by atomic mass is 16.5. The molecule has 0 unspecified atom stereocenters. The van der Waals surface area contributed by atoms with Crippen molar-refractivity contribution < 1.29 is 13.9 Å². The lowest BCUT2D eigenvalue weighted by Crippen LogP contribution is -2.35. The predicted molar refractivity (Wildman–Crippen MR) is 130 cm³/mol. The van der Waals surface area contributed by atoms with E-state index in [1.54, 1.807) is 12.1 Å². The molecule has 1 aliphatic heterocycles. The Bertz CT molecular complexity index is 1240. The molecular formula is C27H26N4O3. The molecule has 5 rings (SSSR count). The van der Waals surface area contributed by atoms with Crippen molar-refractivity contribution in [1.82, 2.24) is 15.1 Å². The van der Waals surface area contributed by atoms with Crippen molar-refractivity contribution in [2.45, 2.75) is 13.5 Å². The van der Waals surface area contributed by atoms with Crippen molar-refractivity contribution in [1.29, 1.82) is 0 Å². The van der Waals surface area contributed by atoms with E-state index in [9.17, 15) is 4.79 Å². The van der Waals surface area contributed by atoms with Crippen LogP contribution in [-0.4, -0.2) is 47.3 Å². The maximum atomic E-state index is 12.7. The number of carbonyl (C=O) groups is 1. The highest BCUT2D eigenvalue weighted by Crippen LogP contribution is 2.24. The number of morpholine rings is 1. The lowest BCUT2D eigenvalue weighted by atomic mass is 10.1. The Morgan fingerprint density at radius 1 is 0.853 bits per heavy atom. The van der Waals surface area contributed by atoms with Crippen LogP contribution in [0.1, 0.15) is 21.5 Å². The lowest BCUT2D eigenvalue weighted by molar-refractivity contribution is 0.0342. The van der Waals surface area contributed by atoms with Crippen LogP contribution in [0.2, 0.25) is 0 Å². The van der Waals surface area contributed by atoms with Crippen LogP contribution < -0.4 is 5.32 Å².